The molecule has 1 amide bonds. The second kappa shape index (κ2) is 5.65. The van der Waals surface area contributed by atoms with Gasteiger partial charge in [-0.15, -0.1) is 0 Å². The van der Waals surface area contributed by atoms with E-state index in [2.05, 4.69) is 31.2 Å². The zero-order valence-electron chi connectivity index (χ0n) is 11.3. The fourth-order valence-corrected chi connectivity index (χ4v) is 2.39. The topological polar surface area (TPSA) is 68.0 Å². The summed E-state index contributed by atoms with van der Waals surface area (Å²) in [6.07, 6.45) is 2.35. The van der Waals surface area contributed by atoms with E-state index < -0.39 is 0 Å². The highest BCUT2D eigenvalue weighted by Gasteiger charge is 2.12. The van der Waals surface area contributed by atoms with Crippen LogP contribution in [-0.4, -0.2) is 15.9 Å². The number of amides is 1. The first-order chi connectivity index (χ1) is 10.2. The van der Waals surface area contributed by atoms with Crippen LogP contribution in [0.1, 0.15) is 23.2 Å². The number of aryl methyl sites for hydroxylation is 1. The predicted octanol–water partition coefficient (Wildman–Crippen LogP) is 3.80. The van der Waals surface area contributed by atoms with Crippen LogP contribution in [0.4, 0.5) is 5.69 Å². The highest BCUT2D eigenvalue weighted by molar-refractivity contribution is 9.10. The molecule has 21 heavy (non-hydrogen) atoms. The highest BCUT2D eigenvalue weighted by Crippen LogP contribution is 2.21. The minimum Gasteiger partial charge on any atom is -0.441 e. The minimum absolute atomic E-state index is 0.228. The van der Waals surface area contributed by atoms with Gasteiger partial charge < -0.3 is 9.73 Å². The molecule has 0 bridgehead atoms. The number of halogens is 1. The fourth-order valence-electron chi connectivity index (χ4n) is 1.96. The Morgan fingerprint density at radius 1 is 1.38 bits per heavy atom. The van der Waals surface area contributed by atoms with Gasteiger partial charge in [0.15, 0.2) is 11.5 Å². The summed E-state index contributed by atoms with van der Waals surface area (Å²) in [6, 6.07) is 8.80. The van der Waals surface area contributed by atoms with Crippen molar-refractivity contribution in [1.29, 1.82) is 0 Å². The summed E-state index contributed by atoms with van der Waals surface area (Å²) in [5.74, 6) is 0.456. The first-order valence-electron chi connectivity index (χ1n) is 6.48. The molecular formula is C15H12BrN3O2. The van der Waals surface area contributed by atoms with E-state index in [0.717, 1.165) is 11.9 Å². The number of nitrogens with one attached hydrogen (secondary N) is 1. The Labute approximate surface area is 129 Å². The molecule has 0 spiro atoms. The number of oxazole rings is 1. The SMILES string of the molecule is CCc1nc2cc(NC(=O)c3cccnc3Br)ccc2o1. The maximum absolute atomic E-state index is 12.2. The number of carbonyl (C=O) groups excluding carboxylic acids is 1. The predicted molar refractivity (Wildman–Crippen MR) is 83.3 cm³/mol. The summed E-state index contributed by atoms with van der Waals surface area (Å²) < 4.78 is 6.05. The number of anilines is 1. The van der Waals surface area contributed by atoms with Gasteiger partial charge in [0.05, 0.1) is 5.56 Å². The van der Waals surface area contributed by atoms with Crippen molar-refractivity contribution in [2.45, 2.75) is 13.3 Å². The molecule has 5 nitrogen and oxygen atoms in total. The van der Waals surface area contributed by atoms with Gasteiger partial charge in [-0.1, -0.05) is 6.92 Å². The molecule has 0 unspecified atom stereocenters. The molecule has 0 aliphatic carbocycles. The Kier molecular flexibility index (Phi) is 3.70. The van der Waals surface area contributed by atoms with Gasteiger partial charge in [0, 0.05) is 18.3 Å². The van der Waals surface area contributed by atoms with Crippen LogP contribution >= 0.6 is 15.9 Å². The molecule has 0 aliphatic rings. The second-order valence-corrected chi connectivity index (χ2v) is 5.19. The lowest BCUT2D eigenvalue weighted by Crippen LogP contribution is -2.12. The Hall–Kier alpha value is -2.21. The molecule has 3 rings (SSSR count). The number of hydrogen-bond donors (Lipinski definition) is 1. The number of benzene rings is 1. The quantitative estimate of drug-likeness (QED) is 0.733. The Bertz CT molecular complexity index is 814. The third-order valence-electron chi connectivity index (χ3n) is 3.00. The summed E-state index contributed by atoms with van der Waals surface area (Å²) in [6.45, 7) is 1.98. The van der Waals surface area contributed by atoms with Crippen LogP contribution in [0.2, 0.25) is 0 Å². The first kappa shape index (κ1) is 13.8. The van der Waals surface area contributed by atoms with Crippen molar-refractivity contribution in [2.24, 2.45) is 0 Å². The molecule has 3 aromatic rings. The van der Waals surface area contributed by atoms with Crippen molar-refractivity contribution >= 4 is 38.6 Å². The summed E-state index contributed by atoms with van der Waals surface area (Å²) in [7, 11) is 0. The van der Waals surface area contributed by atoms with E-state index in [-0.39, 0.29) is 5.91 Å². The van der Waals surface area contributed by atoms with E-state index in [9.17, 15) is 4.79 Å². The molecule has 0 saturated heterocycles. The largest absolute Gasteiger partial charge is 0.441 e. The molecule has 0 aliphatic heterocycles. The molecule has 0 radical (unpaired) electrons. The van der Waals surface area contributed by atoms with Crippen molar-refractivity contribution < 1.29 is 9.21 Å². The number of carbonyl (C=O) groups is 1. The molecule has 106 valence electrons. The van der Waals surface area contributed by atoms with Crippen LogP contribution in [0.25, 0.3) is 11.1 Å². The van der Waals surface area contributed by atoms with Crippen LogP contribution in [0.15, 0.2) is 45.5 Å². The highest BCUT2D eigenvalue weighted by atomic mass is 79.9. The van der Waals surface area contributed by atoms with Crippen LogP contribution < -0.4 is 5.32 Å². The maximum atomic E-state index is 12.2. The van der Waals surface area contributed by atoms with Crippen LogP contribution in [0.5, 0.6) is 0 Å². The van der Waals surface area contributed by atoms with E-state index >= 15 is 0 Å². The van der Waals surface area contributed by atoms with E-state index in [1.807, 2.05) is 6.92 Å². The first-order valence-corrected chi connectivity index (χ1v) is 7.28. The summed E-state index contributed by atoms with van der Waals surface area (Å²) in [5, 5.41) is 2.83. The molecule has 0 saturated carbocycles. The lowest BCUT2D eigenvalue weighted by Gasteiger charge is -2.05. The third kappa shape index (κ3) is 2.80. The van der Waals surface area contributed by atoms with Gasteiger partial charge in [0.1, 0.15) is 10.1 Å². The summed E-state index contributed by atoms with van der Waals surface area (Å²) in [4.78, 5) is 20.6. The van der Waals surface area contributed by atoms with Gasteiger partial charge in [-0.05, 0) is 46.3 Å². The van der Waals surface area contributed by atoms with Gasteiger partial charge in [0.25, 0.3) is 5.91 Å². The normalized spacial score (nSPS) is 10.8. The molecule has 0 fully saturated rings. The van der Waals surface area contributed by atoms with Gasteiger partial charge in [0.2, 0.25) is 0 Å². The monoisotopic (exact) mass is 345 g/mol. The number of fused-ring (bicyclic) bond motifs is 1. The molecule has 6 heteroatoms. The summed E-state index contributed by atoms with van der Waals surface area (Å²) >= 11 is 3.26. The molecule has 0 atom stereocenters. The molecule has 2 aromatic heterocycles. The van der Waals surface area contributed by atoms with Crippen molar-refractivity contribution in [1.82, 2.24) is 9.97 Å². The van der Waals surface area contributed by atoms with Crippen LogP contribution in [0.3, 0.4) is 0 Å². The molecule has 1 aromatic carbocycles. The van der Waals surface area contributed by atoms with Crippen LogP contribution in [-0.2, 0) is 6.42 Å². The fraction of sp³-hybridized carbons (Fsp3) is 0.133. The number of rotatable bonds is 3. The standard InChI is InChI=1S/C15H12BrN3O2/c1-2-13-19-11-8-9(5-6-12(11)21-13)18-15(20)10-4-3-7-17-14(10)16/h3-8H,2H2,1H3,(H,18,20). The number of pyridine rings is 1. The minimum atomic E-state index is -0.228. The van der Waals surface area contributed by atoms with Gasteiger partial charge >= 0.3 is 0 Å². The van der Waals surface area contributed by atoms with Crippen molar-refractivity contribution in [3.05, 3.63) is 52.6 Å². The smallest absolute Gasteiger partial charge is 0.258 e. The van der Waals surface area contributed by atoms with E-state index in [1.54, 1.807) is 36.5 Å². The van der Waals surface area contributed by atoms with Crippen molar-refractivity contribution in [2.75, 3.05) is 5.32 Å². The number of hydrogen-bond acceptors (Lipinski definition) is 4. The summed E-state index contributed by atoms with van der Waals surface area (Å²) in [5.41, 5.74) is 2.59. The molecular weight excluding hydrogens is 334 g/mol. The second-order valence-electron chi connectivity index (χ2n) is 4.44. The average Bonchev–Trinajstić information content (AvgIpc) is 2.90. The van der Waals surface area contributed by atoms with E-state index in [0.29, 0.717) is 27.3 Å². The maximum Gasteiger partial charge on any atom is 0.258 e. The molecule has 2 heterocycles. The lowest BCUT2D eigenvalue weighted by molar-refractivity contribution is 0.102. The Morgan fingerprint density at radius 2 is 2.24 bits per heavy atom. The van der Waals surface area contributed by atoms with E-state index in [4.69, 9.17) is 4.42 Å². The lowest BCUT2D eigenvalue weighted by atomic mass is 10.2. The van der Waals surface area contributed by atoms with Gasteiger partial charge in [-0.2, -0.15) is 0 Å². The average molecular weight is 346 g/mol. The zero-order valence-corrected chi connectivity index (χ0v) is 12.8. The molecule has 1 N–H and O–H groups in total. The Balaban J connectivity index is 1.87. The van der Waals surface area contributed by atoms with Crippen LogP contribution in [0, 0.1) is 0 Å². The number of aromatic nitrogens is 2. The third-order valence-corrected chi connectivity index (χ3v) is 3.63. The van der Waals surface area contributed by atoms with Gasteiger partial charge in [-0.3, -0.25) is 4.79 Å². The van der Waals surface area contributed by atoms with Gasteiger partial charge in [-0.25, -0.2) is 9.97 Å². The Morgan fingerprint density at radius 3 is 3.00 bits per heavy atom. The zero-order chi connectivity index (χ0) is 14.8. The number of nitrogens with zero attached hydrogens (tertiary/aromatic N) is 2. The van der Waals surface area contributed by atoms with Crippen molar-refractivity contribution in [3.63, 3.8) is 0 Å². The van der Waals surface area contributed by atoms with E-state index in [1.165, 1.54) is 0 Å². The van der Waals surface area contributed by atoms with Crippen molar-refractivity contribution in [3.8, 4) is 0 Å².